The Hall–Kier alpha value is -1.96. The van der Waals surface area contributed by atoms with Gasteiger partial charge in [0.2, 0.25) is 0 Å². The van der Waals surface area contributed by atoms with Crippen molar-refractivity contribution < 1.29 is 4.79 Å². The van der Waals surface area contributed by atoms with Crippen LogP contribution < -0.4 is 0 Å². The molecule has 0 bridgehead atoms. The molecule has 0 saturated heterocycles. The lowest BCUT2D eigenvalue weighted by atomic mass is 9.99. The second kappa shape index (κ2) is 5.79. The van der Waals surface area contributed by atoms with E-state index in [-0.39, 0.29) is 5.78 Å². The Kier molecular flexibility index (Phi) is 4.10. The highest BCUT2D eigenvalue weighted by Gasteiger charge is 2.10. The van der Waals surface area contributed by atoms with Crippen molar-refractivity contribution in [1.82, 2.24) is 4.98 Å². The van der Waals surface area contributed by atoms with Crippen molar-refractivity contribution in [3.05, 3.63) is 64.5 Å². The number of aryl methyl sites for hydroxylation is 3. The van der Waals surface area contributed by atoms with Gasteiger partial charge in [0.1, 0.15) is 0 Å². The van der Waals surface area contributed by atoms with Crippen molar-refractivity contribution in [1.29, 1.82) is 0 Å². The molecule has 0 unspecified atom stereocenters. The number of aromatic nitrogens is 1. The summed E-state index contributed by atoms with van der Waals surface area (Å²) >= 11 is 0. The van der Waals surface area contributed by atoms with Crippen LogP contribution in [0.5, 0.6) is 0 Å². The third-order valence-corrected chi connectivity index (χ3v) is 3.32. The molecule has 0 atom stereocenters. The summed E-state index contributed by atoms with van der Waals surface area (Å²) < 4.78 is 0. The molecule has 0 N–H and O–H groups in total. The Morgan fingerprint density at radius 1 is 1.16 bits per heavy atom. The number of hydrogen-bond acceptors (Lipinski definition) is 2. The molecule has 0 aliphatic carbocycles. The number of pyridine rings is 1. The molecule has 0 fully saturated rings. The lowest BCUT2D eigenvalue weighted by molar-refractivity contribution is 0.0991. The fourth-order valence-corrected chi connectivity index (χ4v) is 2.16. The number of carbonyl (C=O) groups is 1. The molecule has 0 amide bonds. The number of benzene rings is 1. The lowest BCUT2D eigenvalue weighted by Crippen LogP contribution is -2.07. The van der Waals surface area contributed by atoms with E-state index in [4.69, 9.17) is 0 Å². The first-order chi connectivity index (χ1) is 9.10. The van der Waals surface area contributed by atoms with Crippen molar-refractivity contribution in [2.45, 2.75) is 33.6 Å². The third kappa shape index (κ3) is 3.28. The summed E-state index contributed by atoms with van der Waals surface area (Å²) in [5, 5.41) is 0. The van der Waals surface area contributed by atoms with Gasteiger partial charge in [0.15, 0.2) is 5.78 Å². The summed E-state index contributed by atoms with van der Waals surface area (Å²) in [7, 11) is 0. The largest absolute Gasteiger partial charge is 0.294 e. The number of hydrogen-bond donors (Lipinski definition) is 0. The summed E-state index contributed by atoms with van der Waals surface area (Å²) in [5.41, 5.74) is 5.05. The Bertz CT molecular complexity index is 585. The van der Waals surface area contributed by atoms with Crippen molar-refractivity contribution in [2.24, 2.45) is 0 Å². The van der Waals surface area contributed by atoms with Crippen LogP contribution in [0, 0.1) is 13.8 Å². The van der Waals surface area contributed by atoms with E-state index in [1.165, 1.54) is 11.1 Å². The SMILES string of the molecule is CCc1ccc(CC(=O)c2ccc(C)cc2C)nc1. The zero-order valence-corrected chi connectivity index (χ0v) is 11.7. The molecule has 0 saturated carbocycles. The molecule has 1 aromatic heterocycles. The standard InChI is InChI=1S/C17H19NO/c1-4-14-6-7-15(18-11-14)10-17(19)16-8-5-12(2)9-13(16)3/h5-9,11H,4,10H2,1-3H3. The molecule has 0 spiro atoms. The van der Waals surface area contributed by atoms with Crippen molar-refractivity contribution in [2.75, 3.05) is 0 Å². The van der Waals surface area contributed by atoms with E-state index in [0.29, 0.717) is 6.42 Å². The normalized spacial score (nSPS) is 10.5. The molecule has 1 aromatic carbocycles. The van der Waals surface area contributed by atoms with Gasteiger partial charge in [-0.3, -0.25) is 9.78 Å². The maximum absolute atomic E-state index is 12.3. The zero-order valence-electron chi connectivity index (χ0n) is 11.7. The van der Waals surface area contributed by atoms with E-state index in [0.717, 1.165) is 23.2 Å². The Morgan fingerprint density at radius 2 is 1.95 bits per heavy atom. The summed E-state index contributed by atoms with van der Waals surface area (Å²) in [6.07, 6.45) is 3.19. The maximum Gasteiger partial charge on any atom is 0.169 e. The van der Waals surface area contributed by atoms with E-state index in [1.54, 1.807) is 0 Å². The molecule has 98 valence electrons. The predicted molar refractivity (Wildman–Crippen MR) is 77.6 cm³/mol. The molecule has 0 radical (unpaired) electrons. The van der Waals surface area contributed by atoms with Gasteiger partial charge in [0, 0.05) is 17.5 Å². The fourth-order valence-electron chi connectivity index (χ4n) is 2.16. The molecule has 2 aromatic rings. The van der Waals surface area contributed by atoms with Crippen molar-refractivity contribution >= 4 is 5.78 Å². The molecule has 2 heteroatoms. The van der Waals surface area contributed by atoms with Crippen LogP contribution in [-0.2, 0) is 12.8 Å². The third-order valence-electron chi connectivity index (χ3n) is 3.32. The topological polar surface area (TPSA) is 30.0 Å². The zero-order chi connectivity index (χ0) is 13.8. The number of rotatable bonds is 4. The lowest BCUT2D eigenvalue weighted by Gasteiger charge is -2.06. The number of ketones is 1. The Morgan fingerprint density at radius 3 is 2.53 bits per heavy atom. The first-order valence-corrected chi connectivity index (χ1v) is 6.64. The van der Waals surface area contributed by atoms with Crippen LogP contribution in [0.1, 0.15) is 39.7 Å². The Balaban J connectivity index is 2.15. The van der Waals surface area contributed by atoms with Crippen LogP contribution in [0.4, 0.5) is 0 Å². The average Bonchev–Trinajstić information content (AvgIpc) is 2.39. The van der Waals surface area contributed by atoms with Crippen molar-refractivity contribution in [3.63, 3.8) is 0 Å². The molecule has 2 rings (SSSR count). The van der Waals surface area contributed by atoms with Gasteiger partial charge in [-0.1, -0.05) is 36.8 Å². The van der Waals surface area contributed by atoms with Gasteiger partial charge in [-0.15, -0.1) is 0 Å². The van der Waals surface area contributed by atoms with Gasteiger partial charge in [-0.05, 0) is 37.5 Å². The predicted octanol–water partition coefficient (Wildman–Crippen LogP) is 3.69. The van der Waals surface area contributed by atoms with Crippen LogP contribution in [0.3, 0.4) is 0 Å². The van der Waals surface area contributed by atoms with E-state index >= 15 is 0 Å². The van der Waals surface area contributed by atoms with Crippen LogP contribution in [-0.4, -0.2) is 10.8 Å². The smallest absolute Gasteiger partial charge is 0.169 e. The number of nitrogens with zero attached hydrogens (tertiary/aromatic N) is 1. The number of Topliss-reactive ketones (excluding diaryl/α,β-unsaturated/α-hetero) is 1. The highest BCUT2D eigenvalue weighted by atomic mass is 16.1. The van der Waals surface area contributed by atoms with Gasteiger partial charge in [0.25, 0.3) is 0 Å². The van der Waals surface area contributed by atoms with Crippen LogP contribution in [0.25, 0.3) is 0 Å². The molecular weight excluding hydrogens is 234 g/mol. The van der Waals surface area contributed by atoms with E-state index in [9.17, 15) is 4.79 Å². The Labute approximate surface area is 114 Å². The summed E-state index contributed by atoms with van der Waals surface area (Å²) in [5.74, 6) is 0.134. The van der Waals surface area contributed by atoms with E-state index in [2.05, 4.69) is 11.9 Å². The van der Waals surface area contributed by atoms with Gasteiger partial charge in [-0.2, -0.15) is 0 Å². The van der Waals surface area contributed by atoms with Gasteiger partial charge < -0.3 is 0 Å². The minimum atomic E-state index is 0.134. The first-order valence-electron chi connectivity index (χ1n) is 6.64. The summed E-state index contributed by atoms with van der Waals surface area (Å²) in [6.45, 7) is 6.11. The van der Waals surface area contributed by atoms with Crippen LogP contribution in [0.15, 0.2) is 36.5 Å². The van der Waals surface area contributed by atoms with Gasteiger partial charge in [0.05, 0.1) is 6.42 Å². The fraction of sp³-hybridized carbons (Fsp3) is 0.294. The summed E-state index contributed by atoms with van der Waals surface area (Å²) in [6, 6.07) is 9.92. The summed E-state index contributed by atoms with van der Waals surface area (Å²) in [4.78, 5) is 16.6. The van der Waals surface area contributed by atoms with E-state index in [1.807, 2.05) is 50.4 Å². The quantitative estimate of drug-likeness (QED) is 0.778. The molecular formula is C17H19NO. The minimum absolute atomic E-state index is 0.134. The highest BCUT2D eigenvalue weighted by molar-refractivity contribution is 5.98. The second-order valence-corrected chi connectivity index (χ2v) is 4.93. The highest BCUT2D eigenvalue weighted by Crippen LogP contribution is 2.13. The molecule has 0 aliphatic heterocycles. The molecule has 0 aliphatic rings. The first kappa shape index (κ1) is 13.5. The second-order valence-electron chi connectivity index (χ2n) is 4.93. The molecule has 19 heavy (non-hydrogen) atoms. The molecule has 1 heterocycles. The van der Waals surface area contributed by atoms with Gasteiger partial charge in [-0.25, -0.2) is 0 Å². The molecule has 2 nitrogen and oxygen atoms in total. The van der Waals surface area contributed by atoms with Crippen molar-refractivity contribution in [3.8, 4) is 0 Å². The monoisotopic (exact) mass is 253 g/mol. The minimum Gasteiger partial charge on any atom is -0.294 e. The van der Waals surface area contributed by atoms with Gasteiger partial charge >= 0.3 is 0 Å². The van der Waals surface area contributed by atoms with E-state index < -0.39 is 0 Å². The van der Waals surface area contributed by atoms with Crippen LogP contribution in [0.2, 0.25) is 0 Å². The van der Waals surface area contributed by atoms with Crippen LogP contribution >= 0.6 is 0 Å². The maximum atomic E-state index is 12.3. The average molecular weight is 253 g/mol. The number of carbonyl (C=O) groups excluding carboxylic acids is 1.